The molecule has 0 aliphatic heterocycles. The fourth-order valence-corrected chi connectivity index (χ4v) is 2.82. The van der Waals surface area contributed by atoms with Crippen LogP contribution in [0.2, 0.25) is 0 Å². The van der Waals surface area contributed by atoms with Crippen molar-refractivity contribution < 1.29 is 5.11 Å². The van der Waals surface area contributed by atoms with Gasteiger partial charge in [-0.1, -0.05) is 36.4 Å². The van der Waals surface area contributed by atoms with Gasteiger partial charge in [-0.05, 0) is 23.8 Å². The molecule has 0 aliphatic carbocycles. The number of rotatable bonds is 5. The minimum Gasteiger partial charge on any atom is -0.387 e. The highest BCUT2D eigenvalue weighted by Gasteiger charge is 2.08. The highest BCUT2D eigenvalue weighted by Crippen LogP contribution is 2.23. The number of aliphatic hydroxyl groups is 1. The van der Waals surface area contributed by atoms with Gasteiger partial charge in [-0.15, -0.1) is 0 Å². The molecule has 1 atom stereocenters. The molecule has 4 aromatic rings. The van der Waals surface area contributed by atoms with Gasteiger partial charge >= 0.3 is 0 Å². The van der Waals surface area contributed by atoms with E-state index in [9.17, 15) is 5.11 Å². The van der Waals surface area contributed by atoms with Gasteiger partial charge in [0.1, 0.15) is 12.1 Å². The topological polar surface area (TPSA) is 73.8 Å². The van der Waals surface area contributed by atoms with Crippen LogP contribution in [0.4, 0.5) is 5.82 Å². The summed E-state index contributed by atoms with van der Waals surface area (Å²) in [6.45, 7) is 0.386. The van der Waals surface area contributed by atoms with Gasteiger partial charge in [-0.25, -0.2) is 9.97 Å². The minimum absolute atomic E-state index is 0.386. The SMILES string of the molecule is O[C@@H](CNc1cc(-c2ccc3[nH]ccc3c2)ncn1)c1ccccc1. The van der Waals surface area contributed by atoms with Crippen molar-refractivity contribution in [2.75, 3.05) is 11.9 Å². The molecule has 2 heterocycles. The van der Waals surface area contributed by atoms with Crippen LogP contribution < -0.4 is 5.32 Å². The van der Waals surface area contributed by atoms with Gasteiger partial charge < -0.3 is 15.4 Å². The van der Waals surface area contributed by atoms with Crippen molar-refractivity contribution in [1.82, 2.24) is 15.0 Å². The zero-order valence-corrected chi connectivity index (χ0v) is 13.6. The molecule has 5 heteroatoms. The highest BCUT2D eigenvalue weighted by atomic mass is 16.3. The van der Waals surface area contributed by atoms with Crippen LogP contribution in [-0.2, 0) is 0 Å². The number of fused-ring (bicyclic) bond motifs is 1. The van der Waals surface area contributed by atoms with Crippen molar-refractivity contribution in [3.05, 3.63) is 78.8 Å². The molecule has 0 fully saturated rings. The van der Waals surface area contributed by atoms with E-state index in [2.05, 4.69) is 26.3 Å². The zero-order chi connectivity index (χ0) is 17.1. The second-order valence-electron chi connectivity index (χ2n) is 5.88. The Morgan fingerprint density at radius 3 is 2.76 bits per heavy atom. The van der Waals surface area contributed by atoms with Gasteiger partial charge in [0.25, 0.3) is 0 Å². The summed E-state index contributed by atoms with van der Waals surface area (Å²) in [5, 5.41) is 14.6. The summed E-state index contributed by atoms with van der Waals surface area (Å²) in [4.78, 5) is 11.8. The molecule has 2 aromatic carbocycles. The Hall–Kier alpha value is -3.18. The van der Waals surface area contributed by atoms with E-state index in [0.29, 0.717) is 12.4 Å². The van der Waals surface area contributed by atoms with Crippen molar-refractivity contribution in [3.63, 3.8) is 0 Å². The van der Waals surface area contributed by atoms with E-state index >= 15 is 0 Å². The van der Waals surface area contributed by atoms with Crippen LogP contribution in [0, 0.1) is 0 Å². The van der Waals surface area contributed by atoms with Crippen molar-refractivity contribution in [2.24, 2.45) is 0 Å². The number of aliphatic hydroxyl groups excluding tert-OH is 1. The molecule has 0 radical (unpaired) electrons. The van der Waals surface area contributed by atoms with Gasteiger partial charge in [0.2, 0.25) is 0 Å². The Labute approximate surface area is 145 Å². The van der Waals surface area contributed by atoms with Crippen molar-refractivity contribution in [1.29, 1.82) is 0 Å². The highest BCUT2D eigenvalue weighted by molar-refractivity contribution is 5.84. The van der Waals surface area contributed by atoms with E-state index in [1.165, 1.54) is 6.33 Å². The number of hydrogen-bond acceptors (Lipinski definition) is 4. The quantitative estimate of drug-likeness (QED) is 0.521. The lowest BCUT2D eigenvalue weighted by molar-refractivity contribution is 0.191. The molecule has 0 unspecified atom stereocenters. The second kappa shape index (κ2) is 6.75. The molecule has 0 saturated heterocycles. The Balaban J connectivity index is 1.51. The third kappa shape index (κ3) is 3.36. The smallest absolute Gasteiger partial charge is 0.130 e. The van der Waals surface area contributed by atoms with Crippen LogP contribution in [-0.4, -0.2) is 26.6 Å². The summed E-state index contributed by atoms with van der Waals surface area (Å²) >= 11 is 0. The van der Waals surface area contributed by atoms with Crippen LogP contribution in [0.1, 0.15) is 11.7 Å². The van der Waals surface area contributed by atoms with Crippen molar-refractivity contribution >= 4 is 16.7 Å². The molecule has 0 amide bonds. The van der Waals surface area contributed by atoms with Crippen molar-refractivity contribution in [2.45, 2.75) is 6.10 Å². The number of nitrogens with one attached hydrogen (secondary N) is 2. The fraction of sp³-hybridized carbons (Fsp3) is 0.100. The third-order valence-electron chi connectivity index (χ3n) is 4.18. The van der Waals surface area contributed by atoms with Gasteiger partial charge in [0.05, 0.1) is 11.8 Å². The standard InChI is InChI=1S/C20H18N4O/c25-19(14-4-2-1-3-5-14)12-22-20-11-18(23-13-24-20)15-6-7-17-16(10-15)8-9-21-17/h1-11,13,19,21,25H,12H2,(H,22,23,24)/t19-/m0/s1. The maximum Gasteiger partial charge on any atom is 0.130 e. The molecule has 4 rings (SSSR count). The molecule has 0 bridgehead atoms. The van der Waals surface area contributed by atoms with E-state index < -0.39 is 6.10 Å². The predicted octanol–water partition coefficient (Wildman–Crippen LogP) is 3.77. The molecular formula is C20H18N4O. The molecule has 3 N–H and O–H groups in total. The summed E-state index contributed by atoms with van der Waals surface area (Å²) in [5.41, 5.74) is 3.85. The molecule has 0 saturated carbocycles. The number of aromatic amines is 1. The summed E-state index contributed by atoms with van der Waals surface area (Å²) < 4.78 is 0. The number of hydrogen-bond donors (Lipinski definition) is 3. The number of H-pyrrole nitrogens is 1. The predicted molar refractivity (Wildman–Crippen MR) is 99.2 cm³/mol. The van der Waals surface area contributed by atoms with E-state index in [-0.39, 0.29) is 0 Å². The Kier molecular flexibility index (Phi) is 4.14. The first-order chi connectivity index (χ1) is 12.3. The van der Waals surface area contributed by atoms with Crippen LogP contribution in [0.3, 0.4) is 0 Å². The number of nitrogens with zero attached hydrogens (tertiary/aromatic N) is 2. The Morgan fingerprint density at radius 1 is 1.00 bits per heavy atom. The van der Waals surface area contributed by atoms with Crippen LogP contribution in [0.15, 0.2) is 73.2 Å². The first-order valence-corrected chi connectivity index (χ1v) is 8.16. The summed E-state index contributed by atoms with van der Waals surface area (Å²) in [7, 11) is 0. The van der Waals surface area contributed by atoms with Gasteiger partial charge in [0.15, 0.2) is 0 Å². The molecule has 0 spiro atoms. The van der Waals surface area contributed by atoms with E-state index in [1.54, 1.807) is 0 Å². The molecule has 0 aliphatic rings. The van der Waals surface area contributed by atoms with Crippen LogP contribution >= 0.6 is 0 Å². The van der Waals surface area contributed by atoms with E-state index in [0.717, 1.165) is 27.7 Å². The van der Waals surface area contributed by atoms with Gasteiger partial charge in [-0.3, -0.25) is 0 Å². The first-order valence-electron chi connectivity index (χ1n) is 8.16. The fourth-order valence-electron chi connectivity index (χ4n) is 2.82. The summed E-state index contributed by atoms with van der Waals surface area (Å²) in [6.07, 6.45) is 2.87. The Morgan fingerprint density at radius 2 is 1.88 bits per heavy atom. The second-order valence-corrected chi connectivity index (χ2v) is 5.88. The average molecular weight is 330 g/mol. The summed E-state index contributed by atoms with van der Waals surface area (Å²) in [6, 6.07) is 19.7. The average Bonchev–Trinajstić information content (AvgIpc) is 3.15. The molecule has 124 valence electrons. The number of benzene rings is 2. The normalized spacial score (nSPS) is 12.2. The van der Waals surface area contributed by atoms with Gasteiger partial charge in [0, 0.05) is 35.3 Å². The zero-order valence-electron chi connectivity index (χ0n) is 13.6. The van der Waals surface area contributed by atoms with Crippen LogP contribution in [0.25, 0.3) is 22.2 Å². The third-order valence-corrected chi connectivity index (χ3v) is 4.18. The largest absolute Gasteiger partial charge is 0.387 e. The maximum absolute atomic E-state index is 10.3. The lowest BCUT2D eigenvalue weighted by Gasteiger charge is -2.13. The summed E-state index contributed by atoms with van der Waals surface area (Å²) in [5.74, 6) is 0.689. The number of aromatic nitrogens is 3. The van der Waals surface area contributed by atoms with E-state index in [1.807, 2.05) is 60.8 Å². The maximum atomic E-state index is 10.3. The Bertz CT molecular complexity index is 981. The van der Waals surface area contributed by atoms with Crippen LogP contribution in [0.5, 0.6) is 0 Å². The molecular weight excluding hydrogens is 312 g/mol. The molecule has 2 aromatic heterocycles. The molecule has 5 nitrogen and oxygen atoms in total. The van der Waals surface area contributed by atoms with Crippen molar-refractivity contribution in [3.8, 4) is 11.3 Å². The monoisotopic (exact) mass is 330 g/mol. The molecule has 25 heavy (non-hydrogen) atoms. The minimum atomic E-state index is -0.587. The lowest BCUT2D eigenvalue weighted by Crippen LogP contribution is -2.13. The van der Waals surface area contributed by atoms with E-state index in [4.69, 9.17) is 0 Å². The number of anilines is 1. The van der Waals surface area contributed by atoms with Gasteiger partial charge in [-0.2, -0.15) is 0 Å². The lowest BCUT2D eigenvalue weighted by atomic mass is 10.1. The first kappa shape index (κ1) is 15.4.